The van der Waals surface area contributed by atoms with E-state index in [2.05, 4.69) is 37.9 Å². The number of ether oxygens (including phenoxy) is 2. The van der Waals surface area contributed by atoms with E-state index in [0.717, 1.165) is 0 Å². The van der Waals surface area contributed by atoms with Gasteiger partial charge in [-0.25, -0.2) is 0 Å². The van der Waals surface area contributed by atoms with E-state index in [-0.39, 0.29) is 31.6 Å². The molecule has 0 aromatic heterocycles. The fourth-order valence-corrected chi connectivity index (χ4v) is 5.44. The number of hydrogen-bond acceptors (Lipinski definition) is 7. The van der Waals surface area contributed by atoms with Crippen LogP contribution in [0.3, 0.4) is 0 Å². The first kappa shape index (κ1) is 20.0. The Kier molecular flexibility index (Phi) is 4.37. The van der Waals surface area contributed by atoms with Gasteiger partial charge in [0.25, 0.3) is 11.8 Å². The lowest BCUT2D eigenvalue weighted by Gasteiger charge is -2.51. The number of thiol groups is 2. The first-order valence-electron chi connectivity index (χ1n) is 9.12. The maximum Gasteiger partial charge on any atom is 0.260 e. The van der Waals surface area contributed by atoms with Crippen molar-refractivity contribution in [2.75, 3.05) is 13.3 Å². The summed E-state index contributed by atoms with van der Waals surface area (Å²) in [5.41, 5.74) is -0.369. The molecule has 0 spiro atoms. The quantitative estimate of drug-likeness (QED) is 0.568. The molecule has 2 fully saturated rings. The fourth-order valence-electron chi connectivity index (χ4n) is 4.50. The van der Waals surface area contributed by atoms with E-state index in [1.165, 1.54) is 9.80 Å². The molecule has 9 heteroatoms. The number of piperazine rings is 1. The molecule has 3 heterocycles. The number of rotatable bonds is 3. The number of nitriles is 1. The largest absolute Gasteiger partial charge is 0.454 e. The Morgan fingerprint density at radius 2 is 1.97 bits per heavy atom. The van der Waals surface area contributed by atoms with Crippen molar-refractivity contribution in [3.8, 4) is 17.6 Å². The molecule has 0 saturated carbocycles. The van der Waals surface area contributed by atoms with Gasteiger partial charge in [-0.2, -0.15) is 5.26 Å². The molecular weight excluding hydrogens is 410 g/mol. The number of nitrogens with zero attached hydrogens (tertiary/aromatic N) is 3. The van der Waals surface area contributed by atoms with E-state index < -0.39 is 21.2 Å². The van der Waals surface area contributed by atoms with Crippen molar-refractivity contribution in [2.45, 2.75) is 36.1 Å². The molecule has 4 rings (SSSR count). The van der Waals surface area contributed by atoms with Crippen LogP contribution in [0.25, 0.3) is 0 Å². The van der Waals surface area contributed by atoms with Crippen LogP contribution in [0.1, 0.15) is 31.9 Å². The molecule has 7 nitrogen and oxygen atoms in total. The number of carbonyl (C=O) groups excluding carboxylic acids is 2. The average molecular weight is 432 g/mol. The Labute approximate surface area is 180 Å². The fraction of sp³-hybridized carbons (Fsp3) is 0.450. The van der Waals surface area contributed by atoms with Gasteiger partial charge < -0.3 is 19.3 Å². The minimum atomic E-state index is -1.46. The summed E-state index contributed by atoms with van der Waals surface area (Å²) in [6.07, 6.45) is 1.63. The molecule has 1 aromatic carbocycles. The third kappa shape index (κ3) is 2.58. The average Bonchev–Trinajstić information content (AvgIpc) is 3.24. The summed E-state index contributed by atoms with van der Waals surface area (Å²) < 4.78 is 10.8. The minimum absolute atomic E-state index is 0.0841. The molecule has 29 heavy (non-hydrogen) atoms. The summed E-state index contributed by atoms with van der Waals surface area (Å²) in [6.45, 7) is 7.26. The molecule has 4 atom stereocenters. The first-order chi connectivity index (χ1) is 13.6. The number of amides is 2. The molecule has 0 bridgehead atoms. The topological polar surface area (TPSA) is 82.9 Å². The van der Waals surface area contributed by atoms with E-state index in [1.807, 2.05) is 0 Å². The molecule has 0 unspecified atom stereocenters. The van der Waals surface area contributed by atoms with Gasteiger partial charge in [-0.15, -0.1) is 31.8 Å². The zero-order chi connectivity index (χ0) is 21.2. The van der Waals surface area contributed by atoms with Crippen LogP contribution in [0.15, 0.2) is 30.9 Å². The second-order valence-corrected chi connectivity index (χ2v) is 9.55. The number of benzene rings is 1. The normalized spacial score (nSPS) is 35.5. The van der Waals surface area contributed by atoms with Gasteiger partial charge >= 0.3 is 0 Å². The van der Waals surface area contributed by atoms with Gasteiger partial charge in [0.2, 0.25) is 6.79 Å². The van der Waals surface area contributed by atoms with Gasteiger partial charge in [-0.1, -0.05) is 12.1 Å². The second kappa shape index (κ2) is 6.34. The summed E-state index contributed by atoms with van der Waals surface area (Å²) in [5, 5.41) is 10.0. The standard InChI is InChI=1S/C20H21N3O4S2/c1-4-7-22-17(25)20(29)9-18(2,10-21)15(23(20)16(24)19(22,3)28)12-5-6-13-14(8-12)27-11-26-13/h4-6,8,15,28-29H,1,7,9,11H2,2-3H3/t15-,18+,19-,20-/m0/s1. The van der Waals surface area contributed by atoms with E-state index in [1.54, 1.807) is 38.1 Å². The molecule has 1 aromatic rings. The van der Waals surface area contributed by atoms with Crippen molar-refractivity contribution in [3.63, 3.8) is 0 Å². The van der Waals surface area contributed by atoms with Crippen molar-refractivity contribution >= 4 is 37.1 Å². The van der Waals surface area contributed by atoms with E-state index in [4.69, 9.17) is 9.47 Å². The highest BCUT2D eigenvalue weighted by Crippen LogP contribution is 2.60. The highest BCUT2D eigenvalue weighted by Gasteiger charge is 2.69. The van der Waals surface area contributed by atoms with E-state index >= 15 is 0 Å². The molecule has 0 radical (unpaired) electrons. The molecule has 3 aliphatic rings. The maximum absolute atomic E-state index is 13.6. The lowest BCUT2D eigenvalue weighted by atomic mass is 9.79. The van der Waals surface area contributed by atoms with Crippen molar-refractivity contribution in [1.29, 1.82) is 5.26 Å². The predicted molar refractivity (Wildman–Crippen MR) is 112 cm³/mol. The minimum Gasteiger partial charge on any atom is -0.454 e. The first-order valence-corrected chi connectivity index (χ1v) is 10.0. The van der Waals surface area contributed by atoms with Gasteiger partial charge in [0.1, 0.15) is 0 Å². The smallest absolute Gasteiger partial charge is 0.260 e. The molecule has 152 valence electrons. The Hall–Kier alpha value is -2.31. The van der Waals surface area contributed by atoms with Gasteiger partial charge in [0.15, 0.2) is 21.2 Å². The van der Waals surface area contributed by atoms with Crippen LogP contribution in [0.4, 0.5) is 0 Å². The molecule has 3 aliphatic heterocycles. The summed E-state index contributed by atoms with van der Waals surface area (Å²) in [6, 6.07) is 6.91. The van der Waals surface area contributed by atoms with Gasteiger partial charge in [0.05, 0.1) is 17.5 Å². The molecule has 0 N–H and O–H groups in total. The third-order valence-corrected chi connectivity index (χ3v) is 6.89. The van der Waals surface area contributed by atoms with Gasteiger partial charge in [-0.05, 0) is 31.5 Å². The van der Waals surface area contributed by atoms with Crippen LogP contribution >= 0.6 is 25.3 Å². The zero-order valence-corrected chi connectivity index (χ0v) is 17.9. The molecule has 0 aliphatic carbocycles. The number of carbonyl (C=O) groups is 2. The molecular formula is C20H21N3O4S2. The van der Waals surface area contributed by atoms with Crippen molar-refractivity contribution in [1.82, 2.24) is 9.80 Å². The van der Waals surface area contributed by atoms with Crippen LogP contribution < -0.4 is 9.47 Å². The van der Waals surface area contributed by atoms with Crippen LogP contribution in [0.2, 0.25) is 0 Å². The van der Waals surface area contributed by atoms with Crippen LogP contribution in [-0.4, -0.2) is 44.7 Å². The number of fused-ring (bicyclic) bond motifs is 2. The van der Waals surface area contributed by atoms with E-state index in [9.17, 15) is 14.9 Å². The van der Waals surface area contributed by atoms with Crippen molar-refractivity contribution in [2.24, 2.45) is 5.41 Å². The SMILES string of the molecule is C=CCN1C(=O)[C@@]2(S)C[C@](C)(C#N)[C@H](c3ccc4c(c3)OCO4)N2C(=O)[C@]1(C)S. The molecule has 2 amide bonds. The van der Waals surface area contributed by atoms with Crippen molar-refractivity contribution in [3.05, 3.63) is 36.4 Å². The Balaban J connectivity index is 1.89. The summed E-state index contributed by atoms with van der Waals surface area (Å²) in [4.78, 5) is 27.0. The third-order valence-electron chi connectivity index (χ3n) is 5.89. The van der Waals surface area contributed by atoms with Crippen LogP contribution in [-0.2, 0) is 9.59 Å². The van der Waals surface area contributed by atoms with E-state index in [0.29, 0.717) is 17.1 Å². The van der Waals surface area contributed by atoms with Gasteiger partial charge in [-0.3, -0.25) is 9.59 Å². The summed E-state index contributed by atoms with van der Waals surface area (Å²) in [7, 11) is 0. The maximum atomic E-state index is 13.6. The highest BCUT2D eigenvalue weighted by atomic mass is 32.1. The monoisotopic (exact) mass is 431 g/mol. The predicted octanol–water partition coefficient (Wildman–Crippen LogP) is 2.52. The lowest BCUT2D eigenvalue weighted by molar-refractivity contribution is -0.164. The van der Waals surface area contributed by atoms with Crippen LogP contribution in [0.5, 0.6) is 11.5 Å². The second-order valence-electron chi connectivity index (χ2n) is 7.94. The lowest BCUT2D eigenvalue weighted by Crippen LogP contribution is -2.70. The van der Waals surface area contributed by atoms with Gasteiger partial charge in [0, 0.05) is 13.0 Å². The summed E-state index contributed by atoms with van der Waals surface area (Å²) in [5.74, 6) is 0.374. The van der Waals surface area contributed by atoms with Crippen LogP contribution in [0, 0.1) is 16.7 Å². The summed E-state index contributed by atoms with van der Waals surface area (Å²) >= 11 is 9.22. The zero-order valence-electron chi connectivity index (χ0n) is 16.1. The highest BCUT2D eigenvalue weighted by molar-refractivity contribution is 7.83. The number of hydrogen-bond donors (Lipinski definition) is 2. The Morgan fingerprint density at radius 3 is 2.62 bits per heavy atom. The Morgan fingerprint density at radius 1 is 1.28 bits per heavy atom. The molecule has 2 saturated heterocycles. The van der Waals surface area contributed by atoms with Crippen molar-refractivity contribution < 1.29 is 19.1 Å². The Bertz CT molecular complexity index is 975.